The fraction of sp³-hybridized carbons (Fsp3) is 0.438. The van der Waals surface area contributed by atoms with Crippen molar-refractivity contribution in [2.24, 2.45) is 5.92 Å². The molecule has 1 aromatic rings. The van der Waals surface area contributed by atoms with Gasteiger partial charge in [-0.25, -0.2) is 8.51 Å². The van der Waals surface area contributed by atoms with Gasteiger partial charge < -0.3 is 10.0 Å². The van der Waals surface area contributed by atoms with Crippen molar-refractivity contribution in [1.29, 1.82) is 5.26 Å². The van der Waals surface area contributed by atoms with Crippen LogP contribution in [0.15, 0.2) is 29.2 Å². The molecule has 7 nitrogen and oxygen atoms in total. The Morgan fingerprint density at radius 2 is 2.04 bits per heavy atom. The van der Waals surface area contributed by atoms with E-state index in [1.54, 1.807) is 33.5 Å². The van der Waals surface area contributed by atoms with Crippen molar-refractivity contribution >= 4 is 23.4 Å². The van der Waals surface area contributed by atoms with Crippen LogP contribution in [0, 0.1) is 17.2 Å². The van der Waals surface area contributed by atoms with E-state index in [9.17, 15) is 9.00 Å². The topological polar surface area (TPSA) is 102 Å². The third-order valence-electron chi connectivity index (χ3n) is 3.60. The van der Waals surface area contributed by atoms with E-state index in [2.05, 4.69) is 6.07 Å². The Morgan fingerprint density at radius 1 is 1.46 bits per heavy atom. The maximum atomic E-state index is 12.4. The summed E-state index contributed by atoms with van der Waals surface area (Å²) in [5.74, 6) is -0.0770. The number of hydrogen-bond acceptors (Lipinski definition) is 4. The van der Waals surface area contributed by atoms with E-state index in [-0.39, 0.29) is 18.3 Å². The van der Waals surface area contributed by atoms with Gasteiger partial charge in [-0.1, -0.05) is 6.07 Å². The van der Waals surface area contributed by atoms with E-state index >= 15 is 0 Å². The number of rotatable bonds is 5. The van der Waals surface area contributed by atoms with Gasteiger partial charge in [0.05, 0.1) is 16.9 Å². The average molecular weight is 351 g/mol. The minimum absolute atomic E-state index is 0.0329. The molecule has 8 heteroatoms. The Bertz CT molecular complexity index is 634. The number of benzene rings is 1. The predicted molar refractivity (Wildman–Crippen MR) is 89.5 cm³/mol. The van der Waals surface area contributed by atoms with Crippen LogP contribution in [-0.4, -0.2) is 57.1 Å². The van der Waals surface area contributed by atoms with E-state index in [0.29, 0.717) is 36.6 Å². The van der Waals surface area contributed by atoms with E-state index in [1.807, 2.05) is 13.8 Å². The SMILES string of the molecule is CCN(CC)C(=O)c1cccc(S(=O)N2CC(C#N)C2)c1.O=CO. The van der Waals surface area contributed by atoms with Gasteiger partial charge in [-0.2, -0.15) is 5.26 Å². The third kappa shape index (κ3) is 4.88. The highest BCUT2D eigenvalue weighted by Crippen LogP contribution is 2.22. The number of amides is 1. The lowest BCUT2D eigenvalue weighted by atomic mass is 10.1. The normalized spacial score (nSPS) is 15.2. The number of carbonyl (C=O) groups is 2. The fourth-order valence-corrected chi connectivity index (χ4v) is 3.59. The van der Waals surface area contributed by atoms with Gasteiger partial charge in [0.2, 0.25) is 0 Å². The molecule has 2 rings (SSSR count). The van der Waals surface area contributed by atoms with Crippen molar-refractivity contribution in [2.75, 3.05) is 26.2 Å². The Morgan fingerprint density at radius 3 is 2.54 bits per heavy atom. The minimum Gasteiger partial charge on any atom is -0.483 e. The summed E-state index contributed by atoms with van der Waals surface area (Å²) in [6, 6.07) is 9.11. The minimum atomic E-state index is -1.30. The summed E-state index contributed by atoms with van der Waals surface area (Å²) < 4.78 is 14.1. The summed E-state index contributed by atoms with van der Waals surface area (Å²) in [6.45, 7) is 5.98. The molecule has 0 spiro atoms. The summed E-state index contributed by atoms with van der Waals surface area (Å²) in [4.78, 5) is 23.0. The first-order valence-electron chi connectivity index (χ1n) is 7.55. The molecule has 0 saturated carbocycles. The lowest BCUT2D eigenvalue weighted by Crippen LogP contribution is -2.46. The maximum Gasteiger partial charge on any atom is 0.290 e. The van der Waals surface area contributed by atoms with Crippen molar-refractivity contribution < 1.29 is 18.9 Å². The van der Waals surface area contributed by atoms with Crippen LogP contribution in [0.3, 0.4) is 0 Å². The van der Waals surface area contributed by atoms with Crippen molar-refractivity contribution in [1.82, 2.24) is 9.21 Å². The van der Waals surface area contributed by atoms with Crippen LogP contribution in [-0.2, 0) is 15.8 Å². The molecular formula is C16H21N3O4S. The molecule has 1 heterocycles. The predicted octanol–water partition coefficient (Wildman–Crippen LogP) is 1.35. The lowest BCUT2D eigenvalue weighted by Gasteiger charge is -2.33. The number of hydrogen-bond donors (Lipinski definition) is 1. The zero-order valence-corrected chi connectivity index (χ0v) is 14.5. The van der Waals surface area contributed by atoms with Crippen molar-refractivity contribution in [3.05, 3.63) is 29.8 Å². The number of carbonyl (C=O) groups excluding carboxylic acids is 1. The largest absolute Gasteiger partial charge is 0.483 e. The molecule has 130 valence electrons. The highest BCUT2D eigenvalue weighted by molar-refractivity contribution is 7.82. The lowest BCUT2D eigenvalue weighted by molar-refractivity contribution is -0.122. The van der Waals surface area contributed by atoms with Crippen LogP contribution in [0.5, 0.6) is 0 Å². The average Bonchev–Trinajstić information content (AvgIpc) is 2.55. The number of carboxylic acid groups (broad SMARTS) is 1. The van der Waals surface area contributed by atoms with E-state index in [1.165, 1.54) is 0 Å². The summed E-state index contributed by atoms with van der Waals surface area (Å²) in [7, 11) is -1.30. The van der Waals surface area contributed by atoms with Gasteiger partial charge in [-0.15, -0.1) is 0 Å². The molecule has 1 unspecified atom stereocenters. The van der Waals surface area contributed by atoms with E-state index in [0.717, 1.165) is 0 Å². The van der Waals surface area contributed by atoms with Crippen LogP contribution in [0.1, 0.15) is 24.2 Å². The van der Waals surface area contributed by atoms with Gasteiger partial charge >= 0.3 is 0 Å². The van der Waals surface area contributed by atoms with Gasteiger partial charge in [0.15, 0.2) is 0 Å². The molecule has 0 aromatic heterocycles. The molecule has 24 heavy (non-hydrogen) atoms. The molecular weight excluding hydrogens is 330 g/mol. The molecule has 0 radical (unpaired) electrons. The van der Waals surface area contributed by atoms with Gasteiger partial charge in [0.1, 0.15) is 11.0 Å². The van der Waals surface area contributed by atoms with Crippen molar-refractivity contribution in [3.8, 4) is 6.07 Å². The van der Waals surface area contributed by atoms with Crippen molar-refractivity contribution in [2.45, 2.75) is 18.7 Å². The van der Waals surface area contributed by atoms with Crippen LogP contribution >= 0.6 is 0 Å². The van der Waals surface area contributed by atoms with Crippen LogP contribution in [0.2, 0.25) is 0 Å². The van der Waals surface area contributed by atoms with E-state index < -0.39 is 11.0 Å². The van der Waals surface area contributed by atoms with Crippen LogP contribution in [0.4, 0.5) is 0 Å². The first-order valence-corrected chi connectivity index (χ1v) is 8.66. The van der Waals surface area contributed by atoms with Crippen LogP contribution < -0.4 is 0 Å². The second kappa shape index (κ2) is 9.80. The number of nitriles is 1. The second-order valence-electron chi connectivity index (χ2n) is 5.03. The summed E-state index contributed by atoms with van der Waals surface area (Å²) in [5, 5.41) is 15.7. The molecule has 1 amide bonds. The molecule has 1 saturated heterocycles. The Labute approximate surface area is 144 Å². The molecule has 0 aliphatic carbocycles. The van der Waals surface area contributed by atoms with Gasteiger partial charge in [0.25, 0.3) is 12.4 Å². The van der Waals surface area contributed by atoms with Gasteiger partial charge in [0, 0.05) is 31.7 Å². The molecule has 1 N–H and O–H groups in total. The Hall–Kier alpha value is -2.24. The monoisotopic (exact) mass is 351 g/mol. The molecule has 0 bridgehead atoms. The highest BCUT2D eigenvalue weighted by Gasteiger charge is 2.31. The van der Waals surface area contributed by atoms with Crippen LogP contribution in [0.25, 0.3) is 0 Å². The highest BCUT2D eigenvalue weighted by atomic mass is 32.2. The molecule has 1 atom stereocenters. The Balaban J connectivity index is 0.000000891. The molecule has 1 fully saturated rings. The zero-order chi connectivity index (χ0) is 18.1. The number of nitrogens with zero attached hydrogens (tertiary/aromatic N) is 3. The maximum absolute atomic E-state index is 12.4. The van der Waals surface area contributed by atoms with Gasteiger partial charge in [-0.3, -0.25) is 9.59 Å². The van der Waals surface area contributed by atoms with E-state index in [4.69, 9.17) is 15.2 Å². The second-order valence-corrected chi connectivity index (χ2v) is 6.52. The van der Waals surface area contributed by atoms with Crippen molar-refractivity contribution in [3.63, 3.8) is 0 Å². The summed E-state index contributed by atoms with van der Waals surface area (Å²) >= 11 is 0. The third-order valence-corrected chi connectivity index (χ3v) is 5.02. The van der Waals surface area contributed by atoms with Gasteiger partial charge in [-0.05, 0) is 32.0 Å². The summed E-state index contributed by atoms with van der Waals surface area (Å²) in [5.41, 5.74) is 0.557. The fourth-order valence-electron chi connectivity index (χ4n) is 2.24. The molecule has 1 aromatic carbocycles. The standard InChI is InChI=1S/C15H19N3O2S.CH2O2/c1-3-17(4-2)15(19)13-6-5-7-14(8-13)21(20)18-10-12(9-16)11-18;2-1-3/h5-8,12H,3-4,10-11H2,1-2H3;1H,(H,2,3). The Kier molecular flexibility index (Phi) is 8.09. The zero-order valence-electron chi connectivity index (χ0n) is 13.7. The smallest absolute Gasteiger partial charge is 0.290 e. The molecule has 1 aliphatic heterocycles. The summed E-state index contributed by atoms with van der Waals surface area (Å²) in [6.07, 6.45) is 0. The molecule has 1 aliphatic rings. The first-order chi connectivity index (χ1) is 11.5. The first kappa shape index (κ1) is 19.8. The quantitative estimate of drug-likeness (QED) is 0.807.